The first-order chi connectivity index (χ1) is 15.3. The number of aromatic nitrogens is 2. The molecule has 1 aliphatic rings. The molecule has 2 heterocycles. The molecule has 1 fully saturated rings. The highest BCUT2D eigenvalue weighted by Crippen LogP contribution is 2.20. The van der Waals surface area contributed by atoms with Gasteiger partial charge in [0.2, 0.25) is 17.6 Å². The Morgan fingerprint density at radius 3 is 2.53 bits per heavy atom. The molecule has 0 atom stereocenters. The molecule has 3 rings (SSSR count). The van der Waals surface area contributed by atoms with Crippen molar-refractivity contribution in [2.45, 2.75) is 25.4 Å². The third-order valence-corrected chi connectivity index (χ3v) is 5.12. The highest BCUT2D eigenvalue weighted by atomic mass is 19.4. The van der Waals surface area contributed by atoms with Gasteiger partial charge in [-0.1, -0.05) is 5.16 Å². The number of halogens is 3. The molecule has 2 aromatic rings. The number of hydrogen-bond donors (Lipinski definition) is 0. The van der Waals surface area contributed by atoms with Gasteiger partial charge in [-0.3, -0.25) is 9.69 Å². The minimum Gasteiger partial charge on any atom is -0.497 e. The number of piperazine rings is 1. The summed E-state index contributed by atoms with van der Waals surface area (Å²) in [5.74, 6) is 1.62. The predicted molar refractivity (Wildman–Crippen MR) is 109 cm³/mol. The van der Waals surface area contributed by atoms with Crippen molar-refractivity contribution in [3.63, 3.8) is 0 Å². The van der Waals surface area contributed by atoms with Crippen molar-refractivity contribution < 1.29 is 32.0 Å². The third kappa shape index (κ3) is 7.49. The smallest absolute Gasteiger partial charge is 0.411 e. The number of amides is 1. The number of carbonyl (C=O) groups excluding carboxylic acids is 1. The minimum absolute atomic E-state index is 0.0161. The number of aryl methyl sites for hydroxylation is 1. The Morgan fingerprint density at radius 1 is 1.16 bits per heavy atom. The zero-order valence-corrected chi connectivity index (χ0v) is 17.9. The van der Waals surface area contributed by atoms with Crippen LogP contribution in [0.4, 0.5) is 13.2 Å². The molecule has 8 nitrogen and oxygen atoms in total. The zero-order valence-electron chi connectivity index (χ0n) is 17.9. The topological polar surface area (TPSA) is 80.9 Å². The van der Waals surface area contributed by atoms with Crippen LogP contribution in [0.1, 0.15) is 18.7 Å². The first kappa shape index (κ1) is 24.0. The molecule has 1 aliphatic heterocycles. The number of alkyl halides is 3. The van der Waals surface area contributed by atoms with Crippen molar-refractivity contribution in [1.29, 1.82) is 0 Å². The molecule has 176 valence electrons. The highest BCUT2D eigenvalue weighted by molar-refractivity contribution is 5.76. The van der Waals surface area contributed by atoms with Crippen LogP contribution in [-0.4, -0.2) is 85.1 Å². The van der Waals surface area contributed by atoms with E-state index in [0.29, 0.717) is 57.3 Å². The molecule has 1 amide bonds. The molecule has 32 heavy (non-hydrogen) atoms. The summed E-state index contributed by atoms with van der Waals surface area (Å²) < 4.78 is 51.1. The normalized spacial score (nSPS) is 15.2. The molecule has 1 aromatic carbocycles. The van der Waals surface area contributed by atoms with E-state index < -0.39 is 12.8 Å². The molecule has 1 saturated heterocycles. The molecule has 11 heteroatoms. The lowest BCUT2D eigenvalue weighted by Crippen LogP contribution is -2.49. The van der Waals surface area contributed by atoms with E-state index in [2.05, 4.69) is 19.8 Å². The maximum atomic E-state index is 12.5. The van der Waals surface area contributed by atoms with Gasteiger partial charge in [-0.25, -0.2) is 0 Å². The summed E-state index contributed by atoms with van der Waals surface area (Å²) in [4.78, 5) is 20.8. The summed E-state index contributed by atoms with van der Waals surface area (Å²) in [5, 5.41) is 3.97. The van der Waals surface area contributed by atoms with E-state index in [1.807, 2.05) is 24.3 Å². The number of ether oxygens (including phenoxy) is 2. The Bertz CT molecular complexity index is 849. The molecule has 0 radical (unpaired) electrons. The Balaban J connectivity index is 1.34. The molecule has 0 saturated carbocycles. The summed E-state index contributed by atoms with van der Waals surface area (Å²) >= 11 is 0. The summed E-state index contributed by atoms with van der Waals surface area (Å²) in [7, 11) is 1.59. The van der Waals surface area contributed by atoms with Gasteiger partial charge in [0.25, 0.3) is 0 Å². The van der Waals surface area contributed by atoms with Crippen LogP contribution >= 0.6 is 0 Å². The second-order valence-electron chi connectivity index (χ2n) is 7.48. The van der Waals surface area contributed by atoms with Crippen molar-refractivity contribution >= 4 is 5.91 Å². The Labute approximate surface area is 184 Å². The summed E-state index contributed by atoms with van der Waals surface area (Å²) in [5.41, 5.74) is 0.798. The van der Waals surface area contributed by atoms with Gasteiger partial charge < -0.3 is 18.9 Å². The predicted octanol–water partition coefficient (Wildman–Crippen LogP) is 2.79. The van der Waals surface area contributed by atoms with Crippen molar-refractivity contribution in [3.05, 3.63) is 30.2 Å². The number of rotatable bonds is 10. The minimum atomic E-state index is -4.29. The number of carbonyl (C=O) groups is 1. The van der Waals surface area contributed by atoms with Gasteiger partial charge in [0.15, 0.2) is 0 Å². The average molecular weight is 456 g/mol. The average Bonchev–Trinajstić information content (AvgIpc) is 3.26. The molecule has 1 aromatic heterocycles. The Kier molecular flexibility index (Phi) is 8.46. The van der Waals surface area contributed by atoms with E-state index in [1.165, 1.54) is 0 Å². The van der Waals surface area contributed by atoms with E-state index in [0.717, 1.165) is 11.3 Å². The monoisotopic (exact) mass is 456 g/mol. The van der Waals surface area contributed by atoms with Crippen LogP contribution in [0.3, 0.4) is 0 Å². The van der Waals surface area contributed by atoms with E-state index in [4.69, 9.17) is 9.26 Å². The van der Waals surface area contributed by atoms with Crippen molar-refractivity contribution in [1.82, 2.24) is 19.9 Å². The number of benzene rings is 1. The maximum absolute atomic E-state index is 12.5. The SMILES string of the molecule is COc1ccc(-c2noc(CCC(=O)N3CCN(CCCOCC(F)(F)F)CC3)n2)cc1. The second kappa shape index (κ2) is 11.3. The van der Waals surface area contributed by atoms with E-state index in [-0.39, 0.29) is 18.9 Å². The summed E-state index contributed by atoms with van der Waals surface area (Å²) in [6.07, 6.45) is -3.13. The van der Waals surface area contributed by atoms with Crippen LogP contribution in [0.2, 0.25) is 0 Å². The first-order valence-corrected chi connectivity index (χ1v) is 10.5. The quantitative estimate of drug-likeness (QED) is 0.509. The fraction of sp³-hybridized carbons (Fsp3) is 0.571. The van der Waals surface area contributed by atoms with Crippen molar-refractivity contribution in [2.24, 2.45) is 0 Å². The lowest BCUT2D eigenvalue weighted by atomic mass is 10.2. The first-order valence-electron chi connectivity index (χ1n) is 10.5. The molecule has 0 unspecified atom stereocenters. The van der Waals surface area contributed by atoms with Crippen LogP contribution in [0, 0.1) is 0 Å². The van der Waals surface area contributed by atoms with Crippen LogP contribution in [0.15, 0.2) is 28.8 Å². The van der Waals surface area contributed by atoms with Crippen molar-refractivity contribution in [2.75, 3.05) is 53.0 Å². The third-order valence-electron chi connectivity index (χ3n) is 5.12. The standard InChI is InChI=1S/C21H27F3N4O4/c1-30-17-5-3-16(4-6-17)20-25-18(32-26-20)7-8-19(29)28-12-10-27(11-13-28)9-2-14-31-15-21(22,23)24/h3-6H,2,7-15H2,1H3. The largest absolute Gasteiger partial charge is 0.497 e. The van der Waals surface area contributed by atoms with Gasteiger partial charge in [0.05, 0.1) is 7.11 Å². The Morgan fingerprint density at radius 2 is 1.88 bits per heavy atom. The van der Waals surface area contributed by atoms with Crippen LogP contribution < -0.4 is 4.74 Å². The molecule has 0 spiro atoms. The highest BCUT2D eigenvalue weighted by Gasteiger charge is 2.27. The lowest BCUT2D eigenvalue weighted by molar-refractivity contribution is -0.174. The molecule has 0 N–H and O–H groups in total. The van der Waals surface area contributed by atoms with E-state index in [1.54, 1.807) is 12.0 Å². The fourth-order valence-corrected chi connectivity index (χ4v) is 3.38. The van der Waals surface area contributed by atoms with Crippen molar-refractivity contribution in [3.8, 4) is 17.1 Å². The van der Waals surface area contributed by atoms with Gasteiger partial charge in [-0.05, 0) is 30.7 Å². The number of nitrogens with zero attached hydrogens (tertiary/aromatic N) is 4. The van der Waals surface area contributed by atoms with Gasteiger partial charge in [0.1, 0.15) is 12.4 Å². The van der Waals surface area contributed by atoms with E-state index >= 15 is 0 Å². The maximum Gasteiger partial charge on any atom is 0.411 e. The lowest BCUT2D eigenvalue weighted by Gasteiger charge is -2.34. The van der Waals surface area contributed by atoms with Crippen LogP contribution in [-0.2, 0) is 16.0 Å². The van der Waals surface area contributed by atoms with Crippen LogP contribution in [0.25, 0.3) is 11.4 Å². The van der Waals surface area contributed by atoms with Gasteiger partial charge in [-0.2, -0.15) is 18.2 Å². The number of hydrogen-bond acceptors (Lipinski definition) is 7. The molecular weight excluding hydrogens is 429 g/mol. The number of methoxy groups -OCH3 is 1. The fourth-order valence-electron chi connectivity index (χ4n) is 3.38. The molecule has 0 bridgehead atoms. The van der Waals surface area contributed by atoms with E-state index in [9.17, 15) is 18.0 Å². The molecular formula is C21H27F3N4O4. The van der Waals surface area contributed by atoms with Gasteiger partial charge >= 0.3 is 6.18 Å². The molecule has 0 aliphatic carbocycles. The Hall–Kier alpha value is -2.66. The van der Waals surface area contributed by atoms with Crippen LogP contribution in [0.5, 0.6) is 5.75 Å². The van der Waals surface area contributed by atoms with Gasteiger partial charge in [0, 0.05) is 57.7 Å². The zero-order chi connectivity index (χ0) is 23.0. The second-order valence-corrected chi connectivity index (χ2v) is 7.48. The summed E-state index contributed by atoms with van der Waals surface area (Å²) in [6.45, 7) is 2.06. The van der Waals surface area contributed by atoms with Gasteiger partial charge in [-0.15, -0.1) is 0 Å². The summed E-state index contributed by atoms with van der Waals surface area (Å²) in [6, 6.07) is 7.29.